The zero-order valence-corrected chi connectivity index (χ0v) is 79.0. The van der Waals surface area contributed by atoms with Crippen LogP contribution >= 0.6 is 0 Å². The lowest BCUT2D eigenvalue weighted by Crippen LogP contribution is -2.49. The molecule has 3 aliphatic heterocycles. The number of nitrogens with zero attached hydrogens (tertiary/aromatic N) is 5. The van der Waals surface area contributed by atoms with Crippen LogP contribution in [-0.4, -0.2) is 204 Å². The summed E-state index contributed by atoms with van der Waals surface area (Å²) in [4.78, 5) is 65.5. The number of amides is 4. The highest BCUT2D eigenvalue weighted by atomic mass is 16.6. The Morgan fingerprint density at radius 2 is 0.811 bits per heavy atom. The van der Waals surface area contributed by atoms with Gasteiger partial charge in [-0.1, -0.05) is 54.6 Å². The largest absolute Gasteiger partial charge is 0.481 e. The van der Waals surface area contributed by atoms with Gasteiger partial charge in [-0.25, -0.2) is 9.59 Å². The van der Waals surface area contributed by atoms with Crippen molar-refractivity contribution in [1.29, 1.82) is 15.8 Å². The van der Waals surface area contributed by atoms with Crippen LogP contribution in [0.3, 0.4) is 0 Å². The first-order valence-electron chi connectivity index (χ1n) is 46.6. The fourth-order valence-corrected chi connectivity index (χ4v) is 18.9. The molecule has 0 spiro atoms. The average Bonchev–Trinajstić information content (AvgIpc) is 0.777. The van der Waals surface area contributed by atoms with Crippen molar-refractivity contribution in [3.05, 3.63) is 177 Å². The van der Waals surface area contributed by atoms with Crippen molar-refractivity contribution in [1.82, 2.24) is 25.8 Å². The highest BCUT2D eigenvalue weighted by molar-refractivity contribution is 5.80. The van der Waals surface area contributed by atoms with Crippen LogP contribution in [0.15, 0.2) is 127 Å². The molecule has 3 aliphatic carbocycles. The second-order valence-electron chi connectivity index (χ2n) is 38.4. The number of ether oxygens (including phenoxy) is 8. The molecule has 0 radical (unpaired) electrons. The number of nitriles is 3. The number of aliphatic hydroxyl groups is 6. The minimum absolute atomic E-state index is 0.00416. The van der Waals surface area contributed by atoms with Gasteiger partial charge in [0.15, 0.2) is 0 Å². The van der Waals surface area contributed by atoms with E-state index in [0.717, 1.165) is 93.1 Å². The number of hydrogen-bond acceptors (Lipinski definition) is 24. The van der Waals surface area contributed by atoms with Crippen LogP contribution in [0, 0.1) is 90.3 Å². The van der Waals surface area contributed by atoms with Gasteiger partial charge in [0.05, 0.1) is 88.0 Å². The van der Waals surface area contributed by atoms with Crippen molar-refractivity contribution in [3.63, 3.8) is 0 Å². The van der Waals surface area contributed by atoms with E-state index in [4.69, 9.17) is 48.7 Å². The quantitative estimate of drug-likeness (QED) is 0.0175. The minimum Gasteiger partial charge on any atom is -0.481 e. The Morgan fingerprint density at radius 3 is 1.13 bits per heavy atom. The molecule has 6 aromatic rings. The average molecular weight is 1830 g/mol. The van der Waals surface area contributed by atoms with Crippen molar-refractivity contribution < 1.29 is 97.6 Å². The van der Waals surface area contributed by atoms with E-state index in [-0.39, 0.29) is 60.8 Å². The number of unbranched alkanes of at least 4 members (excludes halogenated alkanes) is 3. The summed E-state index contributed by atoms with van der Waals surface area (Å²) in [5.74, 6) is 0.514. The van der Waals surface area contributed by atoms with Crippen LogP contribution in [-0.2, 0) is 54.9 Å². The number of carboxylic acid groups (broad SMARTS) is 1. The van der Waals surface area contributed by atoms with Gasteiger partial charge >= 0.3 is 18.2 Å². The highest BCUT2D eigenvalue weighted by Gasteiger charge is 2.49. The van der Waals surface area contributed by atoms with E-state index in [0.29, 0.717) is 166 Å². The fourth-order valence-electron chi connectivity index (χ4n) is 18.9. The number of aliphatic carboxylic acids is 1. The molecule has 29 heteroatoms. The van der Waals surface area contributed by atoms with Crippen LogP contribution in [0.1, 0.15) is 226 Å². The lowest BCUT2D eigenvalue weighted by molar-refractivity contribution is -0.142. The number of rotatable bonds is 32. The molecule has 0 aromatic heterocycles. The molecular weight excluding hydrogens is 1680 g/mol. The van der Waals surface area contributed by atoms with Crippen molar-refractivity contribution >= 4 is 30.0 Å². The van der Waals surface area contributed by atoms with Crippen LogP contribution in [0.25, 0.3) is 0 Å². The van der Waals surface area contributed by atoms with Crippen LogP contribution in [0.2, 0.25) is 0 Å². The van der Waals surface area contributed by atoms with Gasteiger partial charge in [0.1, 0.15) is 45.7 Å². The Balaban J connectivity index is 0.000000208. The lowest BCUT2D eigenvalue weighted by Gasteiger charge is -2.44. The summed E-state index contributed by atoms with van der Waals surface area (Å²) in [6, 6.07) is 43.9. The normalized spacial score (nSPS) is 23.2. The Kier molecular flexibility index (Phi) is 39.6. The van der Waals surface area contributed by atoms with Gasteiger partial charge in [0.2, 0.25) is 11.8 Å². The monoisotopic (exact) mass is 1820 g/mol. The summed E-state index contributed by atoms with van der Waals surface area (Å²) in [5, 5.41) is 114. The fraction of sp³-hybridized carbons (Fsp3) is 0.573. The van der Waals surface area contributed by atoms with Gasteiger partial charge in [-0.3, -0.25) is 14.4 Å². The molecule has 3 heterocycles. The van der Waals surface area contributed by atoms with E-state index >= 15 is 0 Å². The number of hydrogen-bond donors (Lipinski definition) is 11. The van der Waals surface area contributed by atoms with Crippen LogP contribution < -0.4 is 35.9 Å². The van der Waals surface area contributed by atoms with Gasteiger partial charge in [-0.2, -0.15) is 15.8 Å². The predicted octanol–water partition coefficient (Wildman–Crippen LogP) is 15.0. The molecule has 4 amide bonds. The first-order chi connectivity index (χ1) is 62.8. The van der Waals surface area contributed by atoms with Crippen molar-refractivity contribution in [2.45, 2.75) is 262 Å². The van der Waals surface area contributed by atoms with Crippen LogP contribution in [0.4, 0.5) is 9.59 Å². The Bertz CT molecular complexity index is 4890. The number of benzene rings is 6. The molecule has 3 saturated heterocycles. The van der Waals surface area contributed by atoms with Crippen LogP contribution in [0.5, 0.6) is 34.5 Å². The highest BCUT2D eigenvalue weighted by Crippen LogP contribution is 2.50. The molecule has 718 valence electrons. The summed E-state index contributed by atoms with van der Waals surface area (Å²) in [6.45, 7) is 22.0. The number of piperidine rings is 3. The summed E-state index contributed by atoms with van der Waals surface area (Å²) >= 11 is 0. The number of methoxy groups -OCH3 is 3. The van der Waals surface area contributed by atoms with E-state index in [1.807, 2.05) is 105 Å². The number of nitrogens with one attached hydrogen (secondary N) is 3. The number of alkyl carbamates (subject to hydrolysis) is 2. The van der Waals surface area contributed by atoms with E-state index in [2.05, 4.69) is 34.2 Å². The van der Waals surface area contributed by atoms with Gasteiger partial charge < -0.3 is 105 Å². The van der Waals surface area contributed by atoms with Gasteiger partial charge in [0, 0.05) is 126 Å². The maximum Gasteiger partial charge on any atom is 0.407 e. The smallest absolute Gasteiger partial charge is 0.407 e. The Hall–Kier alpha value is -10.3. The number of aryl methyl sites for hydroxylation is 3. The van der Waals surface area contributed by atoms with Crippen molar-refractivity contribution in [2.75, 3.05) is 80.4 Å². The van der Waals surface area contributed by atoms with Gasteiger partial charge in [-0.15, -0.1) is 0 Å². The molecule has 6 aliphatic rings. The first kappa shape index (κ1) is 105. The third-order valence-corrected chi connectivity index (χ3v) is 25.7. The molecule has 6 aromatic carbocycles. The number of carbonyl (C=O) groups is 5. The zero-order valence-electron chi connectivity index (χ0n) is 79.0. The lowest BCUT2D eigenvalue weighted by atomic mass is 9.73. The molecule has 0 bridgehead atoms. The number of carboxylic acids is 1. The summed E-state index contributed by atoms with van der Waals surface area (Å²) in [6.07, 6.45) is 9.33. The topological polar surface area (TPSA) is 441 Å². The SMILES string of the molecule is CC(C)(C)OC(=O)N[C@@H]1C[C@H](C(=O)O)C[C@@H]1O.COCCCC[C@@](O)(c1ccc(C#N)cc1Oc1cccc(C)c1)[C@@H]1CCCN(C(=O)[C@@H]2C[C@H](O)[C@H](NC(=O)OC(C)(C)C)C2)C1.COCCCC[C@@](O)(c1ccc(C#N)cc1Oc1cccc(C)c1)[C@@H]1CCCN(C(=O)[C@H]2C[C@@H](N)[C@@H](O)C2)C1.COCCCC[C@@](O)(c1ccc(C#N)cc1Oc1cccc(C)c1)[C@@H]1CCCNC1. The van der Waals surface area contributed by atoms with Gasteiger partial charge in [-0.05, 0) is 293 Å². The molecule has 0 unspecified atom stereocenters. The summed E-state index contributed by atoms with van der Waals surface area (Å²) in [5.41, 5.74) is 7.54. The molecule has 6 fully saturated rings. The summed E-state index contributed by atoms with van der Waals surface area (Å²) in [7, 11) is 5.02. The zero-order chi connectivity index (χ0) is 96.1. The molecular formula is C103H141N9O20. The minimum atomic E-state index is -1.35. The number of likely N-dealkylation sites (tertiary alicyclic amines) is 2. The Morgan fingerprint density at radius 1 is 0.462 bits per heavy atom. The first-order valence-corrected chi connectivity index (χ1v) is 46.6. The number of carbonyl (C=O) groups excluding carboxylic acids is 4. The molecule has 132 heavy (non-hydrogen) atoms. The molecule has 3 saturated carbocycles. The van der Waals surface area contributed by atoms with E-state index < -0.39 is 88.4 Å². The maximum absolute atomic E-state index is 13.8. The molecule has 15 atom stereocenters. The maximum atomic E-state index is 13.8. The van der Waals surface area contributed by atoms with Gasteiger partial charge in [0.25, 0.3) is 0 Å². The molecule has 12 N–H and O–H groups in total. The third kappa shape index (κ3) is 30.4. The second kappa shape index (κ2) is 49.6. The predicted molar refractivity (Wildman–Crippen MR) is 498 cm³/mol. The van der Waals surface area contributed by atoms with Crippen molar-refractivity contribution in [3.8, 4) is 52.7 Å². The van der Waals surface area contributed by atoms with Crippen molar-refractivity contribution in [2.24, 2.45) is 41.2 Å². The molecule has 29 nitrogen and oxygen atoms in total. The summed E-state index contributed by atoms with van der Waals surface area (Å²) < 4.78 is 45.0. The third-order valence-electron chi connectivity index (χ3n) is 25.7. The number of nitrogens with two attached hydrogens (primary N) is 1. The Labute approximate surface area is 778 Å². The van der Waals surface area contributed by atoms with E-state index in [1.165, 1.54) is 0 Å². The second-order valence-corrected chi connectivity index (χ2v) is 38.4. The van der Waals surface area contributed by atoms with E-state index in [9.17, 15) is 70.4 Å². The number of aliphatic hydroxyl groups excluding tert-OH is 3. The standard InChI is InChI=1S/C36H49N3O7.C31H41N3O5.C25H32N2O3.C11H19NO5/c1-24-10-8-12-28(18-24)45-32-19-25(22-37)13-14-29(32)36(43,15-6-7-17-44-5)27-11-9-16-39(23-27)33(41)26-20-30(31(40)21-26)38-34(42)46-35(2,3)4;1-21-7-5-9-25(15-21)39-29-16-22(19-32)10-11-26(29)31(37,12-3-4-14-38-2)24-8-6-13-34(20-24)30(36)23-17-27(33)28(35)18-23;1-19-7-5-9-22(15-19)30-24-16-20(17-26)10-11-23(24)25(28,12-3-4-14-29-2)21-8-6-13-27-18-21;1-11(2,3)17-10(16)12-7-4-6(9(14)15)5-8(7)13/h8,10,12-14,18-19,26-27,30-31,40,43H,6-7,9,11,15-17,20-21,23H2,1-5H3,(H,38,42);5,7,9-11,15-16,23-24,27-28,35,37H,3-4,6,8,12-14,17-18,20,33H2,1-2H3;5,7,9-11,15-16,21,27-28H,3-4,6,8,12-14,18H2,1-2H3;6-8,13H,4-5H2,1-3H3,(H,12,16)(H,14,15)/t26-,27+,30+,31-,36-;23-,24+,27+,28-,31-;21-,25+;6-,7+,8-/m0010/s1. The van der Waals surface area contributed by atoms with E-state index in [1.54, 1.807) is 116 Å². The molecule has 12 rings (SSSR count).